The standard InChI is InChI=1S/C8H14O2.C2H6/c1-2-8(9)7-3-5-10-6-4-7;1-2/h7H,2-6H2,1H3;1-2H3. The number of carbonyl (C=O) groups is 1. The number of carbonyl (C=O) groups excluding carboxylic acids is 1. The Balaban J connectivity index is 0.000000561. The zero-order valence-corrected chi connectivity index (χ0v) is 8.43. The molecule has 12 heavy (non-hydrogen) atoms. The molecule has 72 valence electrons. The van der Waals surface area contributed by atoms with E-state index in [1.54, 1.807) is 0 Å². The molecule has 1 aliphatic rings. The minimum Gasteiger partial charge on any atom is -0.381 e. The van der Waals surface area contributed by atoms with Crippen molar-refractivity contribution < 1.29 is 9.53 Å². The van der Waals surface area contributed by atoms with E-state index in [1.807, 2.05) is 20.8 Å². The molecule has 0 bridgehead atoms. The second kappa shape index (κ2) is 7.29. The Hall–Kier alpha value is -0.370. The SMILES string of the molecule is CC.CCC(=O)C1CCOCC1. The Morgan fingerprint density at radius 3 is 2.25 bits per heavy atom. The first-order valence-electron chi connectivity index (χ1n) is 4.95. The molecule has 1 rings (SSSR count). The van der Waals surface area contributed by atoms with Gasteiger partial charge in [0.25, 0.3) is 0 Å². The molecule has 0 aromatic rings. The summed E-state index contributed by atoms with van der Waals surface area (Å²) in [6.45, 7) is 7.48. The van der Waals surface area contributed by atoms with Gasteiger partial charge in [-0.2, -0.15) is 0 Å². The van der Waals surface area contributed by atoms with Crippen molar-refractivity contribution in [1.29, 1.82) is 0 Å². The molecule has 0 radical (unpaired) electrons. The number of ether oxygens (including phenoxy) is 1. The topological polar surface area (TPSA) is 26.3 Å². The summed E-state index contributed by atoms with van der Waals surface area (Å²) in [5.74, 6) is 0.710. The van der Waals surface area contributed by atoms with E-state index in [0.717, 1.165) is 26.1 Å². The lowest BCUT2D eigenvalue weighted by atomic mass is 9.94. The fourth-order valence-electron chi connectivity index (χ4n) is 1.31. The minimum absolute atomic E-state index is 0.304. The number of ketones is 1. The van der Waals surface area contributed by atoms with Crippen LogP contribution in [0.3, 0.4) is 0 Å². The van der Waals surface area contributed by atoms with Gasteiger partial charge in [0.15, 0.2) is 0 Å². The zero-order valence-electron chi connectivity index (χ0n) is 8.43. The van der Waals surface area contributed by atoms with E-state index >= 15 is 0 Å². The van der Waals surface area contributed by atoms with E-state index in [9.17, 15) is 4.79 Å². The van der Waals surface area contributed by atoms with Crippen molar-refractivity contribution in [2.75, 3.05) is 13.2 Å². The van der Waals surface area contributed by atoms with Gasteiger partial charge >= 0.3 is 0 Å². The van der Waals surface area contributed by atoms with Gasteiger partial charge in [-0.1, -0.05) is 20.8 Å². The van der Waals surface area contributed by atoms with Gasteiger partial charge in [0.1, 0.15) is 5.78 Å². The molecule has 1 aliphatic heterocycles. The third-order valence-electron chi connectivity index (χ3n) is 2.03. The van der Waals surface area contributed by atoms with Crippen LogP contribution in [0.15, 0.2) is 0 Å². The second-order valence-corrected chi connectivity index (χ2v) is 2.71. The van der Waals surface area contributed by atoms with Gasteiger partial charge < -0.3 is 4.74 Å². The maximum Gasteiger partial charge on any atom is 0.135 e. The summed E-state index contributed by atoms with van der Waals surface area (Å²) >= 11 is 0. The molecule has 1 heterocycles. The average Bonchev–Trinajstić information content (AvgIpc) is 2.21. The summed E-state index contributed by atoms with van der Waals surface area (Å²) in [6, 6.07) is 0. The molecule has 0 aromatic heterocycles. The van der Waals surface area contributed by atoms with Crippen LogP contribution in [0.2, 0.25) is 0 Å². The summed E-state index contributed by atoms with van der Waals surface area (Å²) in [5.41, 5.74) is 0. The number of hydrogen-bond acceptors (Lipinski definition) is 2. The fraction of sp³-hybridized carbons (Fsp3) is 0.900. The molecule has 1 saturated heterocycles. The molecular weight excluding hydrogens is 152 g/mol. The molecule has 2 nitrogen and oxygen atoms in total. The van der Waals surface area contributed by atoms with Crippen molar-refractivity contribution in [3.05, 3.63) is 0 Å². The third kappa shape index (κ3) is 3.86. The van der Waals surface area contributed by atoms with Crippen molar-refractivity contribution in [3.8, 4) is 0 Å². The third-order valence-corrected chi connectivity index (χ3v) is 2.03. The largest absolute Gasteiger partial charge is 0.381 e. The van der Waals surface area contributed by atoms with Gasteiger partial charge in [0.05, 0.1) is 0 Å². The van der Waals surface area contributed by atoms with Crippen molar-refractivity contribution in [3.63, 3.8) is 0 Å². The summed E-state index contributed by atoms with van der Waals surface area (Å²) in [5, 5.41) is 0. The Labute approximate surface area is 75.3 Å². The molecule has 0 atom stereocenters. The highest BCUT2D eigenvalue weighted by molar-refractivity contribution is 5.80. The molecule has 2 heteroatoms. The average molecular weight is 172 g/mol. The maximum absolute atomic E-state index is 11.1. The number of rotatable bonds is 2. The summed E-state index contributed by atoms with van der Waals surface area (Å²) < 4.78 is 5.14. The molecule has 0 saturated carbocycles. The summed E-state index contributed by atoms with van der Waals surface area (Å²) in [7, 11) is 0. The van der Waals surface area contributed by atoms with Crippen LogP contribution < -0.4 is 0 Å². The number of Topliss-reactive ketones (excluding diaryl/α,β-unsaturated/α-hetero) is 1. The first-order valence-corrected chi connectivity index (χ1v) is 4.95. The normalized spacial score (nSPS) is 17.9. The van der Waals surface area contributed by atoms with Crippen molar-refractivity contribution in [2.45, 2.75) is 40.0 Å². The Bertz CT molecular complexity index is 115. The molecular formula is C10H20O2. The van der Waals surface area contributed by atoms with Crippen LogP contribution in [0.5, 0.6) is 0 Å². The quantitative estimate of drug-likeness (QED) is 0.639. The molecule has 0 amide bonds. The van der Waals surface area contributed by atoms with Crippen LogP contribution in [0.1, 0.15) is 40.0 Å². The Morgan fingerprint density at radius 2 is 1.83 bits per heavy atom. The van der Waals surface area contributed by atoms with Gasteiger partial charge in [-0.15, -0.1) is 0 Å². The van der Waals surface area contributed by atoms with Gasteiger partial charge in [-0.25, -0.2) is 0 Å². The van der Waals surface area contributed by atoms with Crippen molar-refractivity contribution in [1.82, 2.24) is 0 Å². The van der Waals surface area contributed by atoms with E-state index in [2.05, 4.69) is 0 Å². The molecule has 1 fully saturated rings. The number of hydrogen-bond donors (Lipinski definition) is 0. The maximum atomic E-state index is 11.1. The molecule has 0 spiro atoms. The molecule has 0 aromatic carbocycles. The van der Waals surface area contributed by atoms with Crippen molar-refractivity contribution >= 4 is 5.78 Å². The van der Waals surface area contributed by atoms with E-state index in [-0.39, 0.29) is 0 Å². The van der Waals surface area contributed by atoms with Gasteiger partial charge in [-0.3, -0.25) is 4.79 Å². The zero-order chi connectivity index (χ0) is 9.40. The highest BCUT2D eigenvalue weighted by Gasteiger charge is 2.19. The van der Waals surface area contributed by atoms with E-state index in [0.29, 0.717) is 18.1 Å². The fourth-order valence-corrected chi connectivity index (χ4v) is 1.31. The Morgan fingerprint density at radius 1 is 1.33 bits per heavy atom. The minimum atomic E-state index is 0.304. The predicted octanol–water partition coefficient (Wildman–Crippen LogP) is 2.42. The molecule has 0 aliphatic carbocycles. The van der Waals surface area contributed by atoms with Gasteiger partial charge in [-0.05, 0) is 12.8 Å². The molecule has 0 unspecified atom stereocenters. The Kier molecular flexibility index (Phi) is 7.06. The first kappa shape index (κ1) is 11.6. The highest BCUT2D eigenvalue weighted by Crippen LogP contribution is 2.16. The lowest BCUT2D eigenvalue weighted by Gasteiger charge is -2.19. The van der Waals surface area contributed by atoms with Crippen LogP contribution in [0.4, 0.5) is 0 Å². The highest BCUT2D eigenvalue weighted by atomic mass is 16.5. The second-order valence-electron chi connectivity index (χ2n) is 2.71. The van der Waals surface area contributed by atoms with Crippen LogP contribution in [0.25, 0.3) is 0 Å². The van der Waals surface area contributed by atoms with Crippen LogP contribution in [-0.4, -0.2) is 19.0 Å². The van der Waals surface area contributed by atoms with Gasteiger partial charge in [0.2, 0.25) is 0 Å². The summed E-state index contributed by atoms with van der Waals surface area (Å²) in [6.07, 6.45) is 2.56. The van der Waals surface area contributed by atoms with Gasteiger partial charge in [0, 0.05) is 25.6 Å². The summed E-state index contributed by atoms with van der Waals surface area (Å²) in [4.78, 5) is 11.1. The molecule has 0 N–H and O–H groups in total. The van der Waals surface area contributed by atoms with E-state index in [4.69, 9.17) is 4.74 Å². The smallest absolute Gasteiger partial charge is 0.135 e. The van der Waals surface area contributed by atoms with Crippen molar-refractivity contribution in [2.24, 2.45) is 5.92 Å². The van der Waals surface area contributed by atoms with E-state index < -0.39 is 0 Å². The lowest BCUT2D eigenvalue weighted by Crippen LogP contribution is -2.22. The lowest BCUT2D eigenvalue weighted by molar-refractivity contribution is -0.125. The van der Waals surface area contributed by atoms with E-state index in [1.165, 1.54) is 0 Å². The first-order chi connectivity index (χ1) is 5.84. The monoisotopic (exact) mass is 172 g/mol. The van der Waals surface area contributed by atoms with Crippen LogP contribution >= 0.6 is 0 Å². The van der Waals surface area contributed by atoms with Crippen LogP contribution in [-0.2, 0) is 9.53 Å². The predicted molar refractivity (Wildman–Crippen MR) is 50.2 cm³/mol. The van der Waals surface area contributed by atoms with Crippen LogP contribution in [0, 0.1) is 5.92 Å².